The molecule has 0 aromatic carbocycles. The molecule has 7 nitrogen and oxygen atoms in total. The SMILES string of the molecule is CCNC(=NCC1(C(=O)N(C)C)CCCC1)N(C)CC(=O)N(CC)CC. The third-order valence-corrected chi connectivity index (χ3v) is 5.14. The maximum Gasteiger partial charge on any atom is 0.242 e. The lowest BCUT2D eigenvalue weighted by Gasteiger charge is -2.30. The summed E-state index contributed by atoms with van der Waals surface area (Å²) in [6, 6.07) is 0. The Bertz CT molecular complexity index is 494. The Morgan fingerprint density at radius 2 is 1.62 bits per heavy atom. The standard InChI is InChI=1S/C19H37N5O2/c1-7-20-18(23(6)14-16(25)24(8-2)9-3)21-15-19(12-10-11-13-19)17(26)22(4)5/h7-15H2,1-6H3,(H,20,21). The number of aliphatic imine (C=N–C) groups is 1. The zero-order chi connectivity index (χ0) is 19.7. The summed E-state index contributed by atoms with van der Waals surface area (Å²) in [5, 5.41) is 3.25. The van der Waals surface area contributed by atoms with E-state index in [1.54, 1.807) is 4.90 Å². The van der Waals surface area contributed by atoms with Gasteiger partial charge in [-0.2, -0.15) is 0 Å². The molecule has 7 heteroatoms. The van der Waals surface area contributed by atoms with Crippen LogP contribution in [0.1, 0.15) is 46.5 Å². The van der Waals surface area contributed by atoms with Crippen LogP contribution in [0.25, 0.3) is 0 Å². The van der Waals surface area contributed by atoms with Gasteiger partial charge in [0.2, 0.25) is 11.8 Å². The Kier molecular flexibility index (Phi) is 8.88. The highest BCUT2D eigenvalue weighted by Gasteiger charge is 2.42. The van der Waals surface area contributed by atoms with Gasteiger partial charge in [0.25, 0.3) is 0 Å². The molecule has 1 aliphatic rings. The molecule has 1 fully saturated rings. The lowest BCUT2D eigenvalue weighted by molar-refractivity contribution is -0.138. The second-order valence-electron chi connectivity index (χ2n) is 7.28. The minimum Gasteiger partial charge on any atom is -0.357 e. The summed E-state index contributed by atoms with van der Waals surface area (Å²) in [6.07, 6.45) is 3.91. The minimum atomic E-state index is -0.395. The first-order valence-corrected chi connectivity index (χ1v) is 9.80. The first-order chi connectivity index (χ1) is 12.3. The Morgan fingerprint density at radius 1 is 1.04 bits per heavy atom. The van der Waals surface area contributed by atoms with Gasteiger partial charge >= 0.3 is 0 Å². The van der Waals surface area contributed by atoms with Crippen molar-refractivity contribution >= 4 is 17.8 Å². The summed E-state index contributed by atoms with van der Waals surface area (Å²) in [7, 11) is 5.50. The van der Waals surface area contributed by atoms with E-state index in [0.717, 1.165) is 32.2 Å². The van der Waals surface area contributed by atoms with Gasteiger partial charge < -0.3 is 20.0 Å². The van der Waals surface area contributed by atoms with Crippen molar-refractivity contribution in [3.8, 4) is 0 Å². The Balaban J connectivity index is 2.89. The quantitative estimate of drug-likeness (QED) is 0.520. The van der Waals surface area contributed by atoms with Crippen LogP contribution in [0.15, 0.2) is 4.99 Å². The van der Waals surface area contributed by atoms with E-state index in [9.17, 15) is 9.59 Å². The fourth-order valence-corrected chi connectivity index (χ4v) is 3.62. The molecule has 1 rings (SSSR count). The molecular formula is C19H37N5O2. The van der Waals surface area contributed by atoms with E-state index in [4.69, 9.17) is 4.99 Å². The number of hydrogen-bond donors (Lipinski definition) is 1. The maximum atomic E-state index is 12.7. The van der Waals surface area contributed by atoms with Gasteiger partial charge in [0.05, 0.1) is 18.5 Å². The number of nitrogens with zero attached hydrogens (tertiary/aromatic N) is 4. The van der Waals surface area contributed by atoms with Crippen LogP contribution in [0.4, 0.5) is 0 Å². The number of likely N-dealkylation sites (N-methyl/N-ethyl adjacent to an activating group) is 2. The highest BCUT2D eigenvalue weighted by Crippen LogP contribution is 2.39. The summed E-state index contributed by atoms with van der Waals surface area (Å²) in [6.45, 7) is 8.85. The summed E-state index contributed by atoms with van der Waals surface area (Å²) in [5.74, 6) is 0.936. The van der Waals surface area contributed by atoms with Crippen LogP contribution in [0.5, 0.6) is 0 Å². The zero-order valence-electron chi connectivity index (χ0n) is 17.5. The summed E-state index contributed by atoms with van der Waals surface area (Å²) in [5.41, 5.74) is -0.395. The first-order valence-electron chi connectivity index (χ1n) is 9.80. The number of carbonyl (C=O) groups is 2. The molecule has 0 aliphatic heterocycles. The molecule has 26 heavy (non-hydrogen) atoms. The first kappa shape index (κ1) is 22.3. The molecule has 1 N–H and O–H groups in total. The lowest BCUT2D eigenvalue weighted by atomic mass is 9.85. The number of amides is 2. The summed E-state index contributed by atoms with van der Waals surface area (Å²) in [4.78, 5) is 35.2. The van der Waals surface area contributed by atoms with Crippen molar-refractivity contribution in [2.24, 2.45) is 10.4 Å². The van der Waals surface area contributed by atoms with Crippen LogP contribution in [-0.4, -0.2) is 86.3 Å². The number of rotatable bonds is 8. The fraction of sp³-hybridized carbons (Fsp3) is 0.842. The molecule has 150 valence electrons. The second-order valence-corrected chi connectivity index (χ2v) is 7.28. The highest BCUT2D eigenvalue weighted by molar-refractivity contribution is 5.87. The Morgan fingerprint density at radius 3 is 2.08 bits per heavy atom. The van der Waals surface area contributed by atoms with E-state index in [2.05, 4.69) is 5.32 Å². The molecule has 0 atom stereocenters. The van der Waals surface area contributed by atoms with Gasteiger partial charge in [0.1, 0.15) is 0 Å². The van der Waals surface area contributed by atoms with Crippen molar-refractivity contribution in [2.45, 2.75) is 46.5 Å². The number of hydrogen-bond acceptors (Lipinski definition) is 3. The van der Waals surface area contributed by atoms with Crippen LogP contribution in [0.2, 0.25) is 0 Å². The van der Waals surface area contributed by atoms with Crippen molar-refractivity contribution < 1.29 is 9.59 Å². The molecule has 0 heterocycles. The van der Waals surface area contributed by atoms with Crippen LogP contribution in [0, 0.1) is 5.41 Å². The molecule has 0 bridgehead atoms. The van der Waals surface area contributed by atoms with Gasteiger partial charge in [0, 0.05) is 40.8 Å². The molecule has 0 radical (unpaired) electrons. The van der Waals surface area contributed by atoms with Gasteiger partial charge in [-0.15, -0.1) is 0 Å². The second kappa shape index (κ2) is 10.4. The summed E-state index contributed by atoms with van der Waals surface area (Å²) >= 11 is 0. The van der Waals surface area contributed by atoms with E-state index in [1.807, 2.05) is 51.7 Å². The van der Waals surface area contributed by atoms with Gasteiger partial charge in [0.15, 0.2) is 5.96 Å². The Labute approximate surface area is 158 Å². The number of guanidine groups is 1. The van der Waals surface area contributed by atoms with E-state index in [-0.39, 0.29) is 18.4 Å². The van der Waals surface area contributed by atoms with Crippen molar-refractivity contribution in [1.82, 2.24) is 20.0 Å². The van der Waals surface area contributed by atoms with Crippen LogP contribution in [-0.2, 0) is 9.59 Å². The van der Waals surface area contributed by atoms with Crippen molar-refractivity contribution in [3.05, 3.63) is 0 Å². The largest absolute Gasteiger partial charge is 0.357 e. The molecule has 1 aliphatic carbocycles. The lowest BCUT2D eigenvalue weighted by Crippen LogP contribution is -2.47. The average molecular weight is 368 g/mol. The molecule has 0 unspecified atom stereocenters. The highest BCUT2D eigenvalue weighted by atomic mass is 16.2. The summed E-state index contributed by atoms with van der Waals surface area (Å²) < 4.78 is 0. The fourth-order valence-electron chi connectivity index (χ4n) is 3.62. The van der Waals surface area contributed by atoms with Gasteiger partial charge in [-0.25, -0.2) is 0 Å². The molecule has 1 saturated carbocycles. The van der Waals surface area contributed by atoms with Gasteiger partial charge in [-0.05, 0) is 33.6 Å². The van der Waals surface area contributed by atoms with Crippen LogP contribution < -0.4 is 5.32 Å². The van der Waals surface area contributed by atoms with Crippen molar-refractivity contribution in [1.29, 1.82) is 0 Å². The number of carbonyl (C=O) groups excluding carboxylic acids is 2. The van der Waals surface area contributed by atoms with Gasteiger partial charge in [-0.3, -0.25) is 14.6 Å². The zero-order valence-corrected chi connectivity index (χ0v) is 17.5. The van der Waals surface area contributed by atoms with Crippen LogP contribution in [0.3, 0.4) is 0 Å². The number of nitrogens with one attached hydrogen (secondary N) is 1. The maximum absolute atomic E-state index is 12.7. The third kappa shape index (κ3) is 5.61. The minimum absolute atomic E-state index is 0.0862. The molecular weight excluding hydrogens is 330 g/mol. The third-order valence-electron chi connectivity index (χ3n) is 5.14. The van der Waals surface area contributed by atoms with Crippen LogP contribution >= 0.6 is 0 Å². The molecule has 0 aromatic rings. The van der Waals surface area contributed by atoms with Crippen molar-refractivity contribution in [2.75, 3.05) is 53.9 Å². The molecule has 0 saturated heterocycles. The van der Waals surface area contributed by atoms with Crippen molar-refractivity contribution in [3.63, 3.8) is 0 Å². The Hall–Kier alpha value is -1.79. The van der Waals surface area contributed by atoms with E-state index in [0.29, 0.717) is 25.6 Å². The molecule has 2 amide bonds. The van der Waals surface area contributed by atoms with Gasteiger partial charge in [-0.1, -0.05) is 12.8 Å². The van der Waals surface area contributed by atoms with E-state index < -0.39 is 5.41 Å². The normalized spacial score (nSPS) is 16.3. The smallest absolute Gasteiger partial charge is 0.242 e. The molecule has 0 aromatic heterocycles. The van der Waals surface area contributed by atoms with E-state index in [1.165, 1.54) is 0 Å². The topological polar surface area (TPSA) is 68.2 Å². The van der Waals surface area contributed by atoms with E-state index >= 15 is 0 Å². The molecule has 0 spiro atoms. The monoisotopic (exact) mass is 367 g/mol. The predicted octanol–water partition coefficient (Wildman–Crippen LogP) is 1.40. The average Bonchev–Trinajstić information content (AvgIpc) is 3.08. The predicted molar refractivity (Wildman–Crippen MR) is 106 cm³/mol.